The minimum Gasteiger partial charge on any atom is -0.478 e. The zero-order valence-electron chi connectivity index (χ0n) is 11.4. The number of aliphatic carboxylic acids is 1. The molecule has 1 unspecified atom stereocenters. The van der Waals surface area contributed by atoms with Gasteiger partial charge in [-0.2, -0.15) is 0 Å². The molecule has 0 aliphatic heterocycles. The predicted octanol–water partition coefficient (Wildman–Crippen LogP) is 3.07. The van der Waals surface area contributed by atoms with Crippen molar-refractivity contribution in [3.63, 3.8) is 0 Å². The molecule has 0 amide bonds. The number of aliphatic hydroxyl groups is 1. The van der Waals surface area contributed by atoms with Gasteiger partial charge in [0.2, 0.25) is 0 Å². The van der Waals surface area contributed by atoms with Crippen LogP contribution < -0.4 is 0 Å². The fourth-order valence-corrected chi connectivity index (χ4v) is 1.93. The van der Waals surface area contributed by atoms with Gasteiger partial charge in [0.1, 0.15) is 6.10 Å². The van der Waals surface area contributed by atoms with Crippen LogP contribution in [0.4, 0.5) is 0 Å². The molecule has 21 heavy (non-hydrogen) atoms. The molecule has 0 aliphatic rings. The first kappa shape index (κ1) is 16.9. The number of hydrogen-bond acceptors (Lipinski definition) is 3. The molecule has 0 spiro atoms. The number of nitrogens with zero attached hydrogens (tertiary/aromatic N) is 1. The number of halogens is 1. The maximum absolute atomic E-state index is 10.6. The number of aliphatic hydroxyl groups excluding tert-OH is 1. The Morgan fingerprint density at radius 2 is 1.86 bits per heavy atom. The van der Waals surface area contributed by atoms with E-state index in [4.69, 9.17) is 5.11 Å². The molecule has 0 aliphatic carbocycles. The molecular formula is C16H16ClNO3. The molecule has 1 heterocycles. The lowest BCUT2D eigenvalue weighted by atomic mass is 9.99. The summed E-state index contributed by atoms with van der Waals surface area (Å²) in [6.07, 6.45) is 3.70. The first-order valence-electron chi connectivity index (χ1n) is 6.17. The van der Waals surface area contributed by atoms with Crippen molar-refractivity contribution in [2.45, 2.75) is 13.0 Å². The summed E-state index contributed by atoms with van der Waals surface area (Å²) in [7, 11) is 0. The summed E-state index contributed by atoms with van der Waals surface area (Å²) < 4.78 is 0. The molecule has 110 valence electrons. The summed E-state index contributed by atoms with van der Waals surface area (Å²) in [5, 5.41) is 18.9. The molecular weight excluding hydrogens is 290 g/mol. The summed E-state index contributed by atoms with van der Waals surface area (Å²) in [4.78, 5) is 14.6. The second kappa shape index (κ2) is 7.57. The highest BCUT2D eigenvalue weighted by Crippen LogP contribution is 2.23. The van der Waals surface area contributed by atoms with Crippen LogP contribution >= 0.6 is 12.4 Å². The molecule has 5 heteroatoms. The average molecular weight is 306 g/mol. The van der Waals surface area contributed by atoms with Crippen LogP contribution in [0.2, 0.25) is 0 Å². The smallest absolute Gasteiger partial charge is 0.328 e. The van der Waals surface area contributed by atoms with Gasteiger partial charge in [-0.1, -0.05) is 30.3 Å². The predicted molar refractivity (Wildman–Crippen MR) is 83.3 cm³/mol. The Labute approximate surface area is 129 Å². The summed E-state index contributed by atoms with van der Waals surface area (Å²) in [6.45, 7) is 1.74. The molecule has 0 saturated carbocycles. The Morgan fingerprint density at radius 3 is 2.38 bits per heavy atom. The van der Waals surface area contributed by atoms with Crippen LogP contribution in [0.15, 0.2) is 54.9 Å². The molecule has 2 N–H and O–H groups in total. The van der Waals surface area contributed by atoms with Crippen LogP contribution in [0, 0.1) is 0 Å². The zero-order valence-corrected chi connectivity index (χ0v) is 12.2. The molecule has 0 radical (unpaired) electrons. The van der Waals surface area contributed by atoms with Crippen LogP contribution in [-0.2, 0) is 4.79 Å². The van der Waals surface area contributed by atoms with E-state index in [-0.39, 0.29) is 12.4 Å². The Morgan fingerprint density at radius 1 is 1.19 bits per heavy atom. The quantitative estimate of drug-likeness (QED) is 0.852. The van der Waals surface area contributed by atoms with E-state index in [2.05, 4.69) is 4.98 Å². The van der Waals surface area contributed by atoms with Gasteiger partial charge in [0.15, 0.2) is 0 Å². The van der Waals surface area contributed by atoms with Crippen molar-refractivity contribution in [1.29, 1.82) is 0 Å². The molecule has 1 aromatic heterocycles. The second-order valence-corrected chi connectivity index (χ2v) is 4.48. The topological polar surface area (TPSA) is 70.4 Å². The second-order valence-electron chi connectivity index (χ2n) is 4.48. The zero-order chi connectivity index (χ0) is 14.5. The lowest BCUT2D eigenvalue weighted by molar-refractivity contribution is -0.131. The van der Waals surface area contributed by atoms with Crippen molar-refractivity contribution < 1.29 is 15.0 Å². The van der Waals surface area contributed by atoms with Crippen LogP contribution in [0.1, 0.15) is 29.7 Å². The Kier molecular flexibility index (Phi) is 6.09. The molecule has 4 nitrogen and oxygen atoms in total. The molecule has 2 aromatic rings. The molecule has 0 fully saturated rings. The fraction of sp³-hybridized carbons (Fsp3) is 0.125. The van der Waals surface area contributed by atoms with Gasteiger partial charge in [-0.3, -0.25) is 4.98 Å². The molecule has 0 bridgehead atoms. The van der Waals surface area contributed by atoms with Crippen molar-refractivity contribution in [3.05, 3.63) is 71.6 Å². The van der Waals surface area contributed by atoms with Gasteiger partial charge in [-0.15, -0.1) is 12.4 Å². The van der Waals surface area contributed by atoms with Gasteiger partial charge in [-0.25, -0.2) is 4.79 Å². The van der Waals surface area contributed by atoms with E-state index in [0.717, 1.165) is 22.8 Å². The lowest BCUT2D eigenvalue weighted by Crippen LogP contribution is -2.00. The highest BCUT2D eigenvalue weighted by Gasteiger charge is 2.10. The summed E-state index contributed by atoms with van der Waals surface area (Å²) >= 11 is 0. The number of carboxylic acids is 1. The van der Waals surface area contributed by atoms with Crippen LogP contribution in [0.3, 0.4) is 0 Å². The van der Waals surface area contributed by atoms with Gasteiger partial charge in [-0.05, 0) is 29.7 Å². The maximum atomic E-state index is 10.6. The third-order valence-electron chi connectivity index (χ3n) is 3.02. The van der Waals surface area contributed by atoms with Crippen LogP contribution in [-0.4, -0.2) is 21.2 Å². The SMILES string of the molecule is CC(=CC(=O)O)c1ccc(C(O)c2cccnc2)cc1.Cl. The number of carbonyl (C=O) groups is 1. The van der Waals surface area contributed by atoms with E-state index in [1.54, 1.807) is 55.7 Å². The maximum Gasteiger partial charge on any atom is 0.328 e. The number of benzene rings is 1. The van der Waals surface area contributed by atoms with Gasteiger partial charge < -0.3 is 10.2 Å². The normalized spacial score (nSPS) is 12.4. The number of carboxylic acid groups (broad SMARTS) is 1. The highest BCUT2D eigenvalue weighted by molar-refractivity contribution is 5.89. The Balaban J connectivity index is 0.00000220. The Bertz CT molecular complexity index is 624. The largest absolute Gasteiger partial charge is 0.478 e. The minimum atomic E-state index is -0.970. The first-order chi connectivity index (χ1) is 9.58. The molecule has 2 rings (SSSR count). The van der Waals surface area contributed by atoms with E-state index in [1.165, 1.54) is 0 Å². The summed E-state index contributed by atoms with van der Waals surface area (Å²) in [5.74, 6) is -0.970. The summed E-state index contributed by atoms with van der Waals surface area (Å²) in [6, 6.07) is 10.7. The number of rotatable bonds is 4. The molecule has 1 aromatic carbocycles. The third kappa shape index (κ3) is 4.41. The van der Waals surface area contributed by atoms with Gasteiger partial charge >= 0.3 is 5.97 Å². The number of aromatic nitrogens is 1. The monoisotopic (exact) mass is 305 g/mol. The number of hydrogen-bond donors (Lipinski definition) is 2. The van der Waals surface area contributed by atoms with Gasteiger partial charge in [0.05, 0.1) is 0 Å². The van der Waals surface area contributed by atoms with E-state index in [1.807, 2.05) is 0 Å². The van der Waals surface area contributed by atoms with Crippen LogP contribution in [0.5, 0.6) is 0 Å². The van der Waals surface area contributed by atoms with E-state index < -0.39 is 12.1 Å². The number of allylic oxidation sites excluding steroid dienone is 1. The summed E-state index contributed by atoms with van der Waals surface area (Å²) in [5.41, 5.74) is 2.94. The fourth-order valence-electron chi connectivity index (χ4n) is 1.93. The highest BCUT2D eigenvalue weighted by atomic mass is 35.5. The van der Waals surface area contributed by atoms with Gasteiger partial charge in [0.25, 0.3) is 0 Å². The van der Waals surface area contributed by atoms with E-state index >= 15 is 0 Å². The molecule has 1 atom stereocenters. The Hall–Kier alpha value is -2.17. The third-order valence-corrected chi connectivity index (χ3v) is 3.02. The van der Waals surface area contributed by atoms with Crippen molar-refractivity contribution in [1.82, 2.24) is 4.98 Å². The number of pyridine rings is 1. The van der Waals surface area contributed by atoms with E-state index in [9.17, 15) is 9.90 Å². The average Bonchev–Trinajstić information content (AvgIpc) is 2.47. The van der Waals surface area contributed by atoms with Gasteiger partial charge in [0, 0.05) is 24.0 Å². The molecule has 0 saturated heterocycles. The first-order valence-corrected chi connectivity index (χ1v) is 6.17. The van der Waals surface area contributed by atoms with Crippen molar-refractivity contribution >= 4 is 23.9 Å². The lowest BCUT2D eigenvalue weighted by Gasteiger charge is -2.11. The van der Waals surface area contributed by atoms with E-state index in [0.29, 0.717) is 5.57 Å². The van der Waals surface area contributed by atoms with Crippen molar-refractivity contribution in [2.24, 2.45) is 0 Å². The van der Waals surface area contributed by atoms with Crippen LogP contribution in [0.25, 0.3) is 5.57 Å². The standard InChI is InChI=1S/C16H15NO3.ClH/c1-11(9-15(18)19)12-4-6-13(7-5-12)16(20)14-3-2-8-17-10-14;/h2-10,16,20H,1H3,(H,18,19);1H. The minimum absolute atomic E-state index is 0. The van der Waals surface area contributed by atoms with Crippen molar-refractivity contribution in [3.8, 4) is 0 Å². The van der Waals surface area contributed by atoms with Crippen molar-refractivity contribution in [2.75, 3.05) is 0 Å².